The van der Waals surface area contributed by atoms with Crippen LogP contribution in [0.5, 0.6) is 11.5 Å². The van der Waals surface area contributed by atoms with Gasteiger partial charge in [0.05, 0.1) is 19.8 Å². The molecule has 0 spiro atoms. The normalized spacial score (nSPS) is 11.8. The number of rotatable bonds is 13. The van der Waals surface area contributed by atoms with Crippen LogP contribution in [0.15, 0.2) is 72.8 Å². The maximum atomic E-state index is 13.0. The Balaban J connectivity index is 1.66. The Morgan fingerprint density at radius 3 is 2.08 bits per heavy atom. The Morgan fingerprint density at radius 2 is 1.48 bits per heavy atom. The van der Waals surface area contributed by atoms with Gasteiger partial charge in [-0.3, -0.25) is 14.4 Å². The molecule has 3 aromatic rings. The Kier molecular flexibility index (Phi) is 10.7. The van der Waals surface area contributed by atoms with Gasteiger partial charge in [-0.1, -0.05) is 42.0 Å². The molecule has 0 aliphatic carbocycles. The van der Waals surface area contributed by atoms with Crippen molar-refractivity contribution in [3.05, 3.63) is 89.5 Å². The number of nitrogens with one attached hydrogen (secondary N) is 2. The highest BCUT2D eigenvalue weighted by Gasteiger charge is 2.26. The highest BCUT2D eigenvalue weighted by atomic mass is 19.4. The van der Waals surface area contributed by atoms with Gasteiger partial charge in [0.2, 0.25) is 11.8 Å². The summed E-state index contributed by atoms with van der Waals surface area (Å²) in [4.78, 5) is 38.2. The third-order valence-corrected chi connectivity index (χ3v) is 5.95. The predicted octanol–water partition coefficient (Wildman–Crippen LogP) is 6.18. The summed E-state index contributed by atoms with van der Waals surface area (Å²) in [7, 11) is 1.52. The van der Waals surface area contributed by atoms with E-state index in [4.69, 9.17) is 9.47 Å². The van der Waals surface area contributed by atoms with E-state index >= 15 is 0 Å². The van der Waals surface area contributed by atoms with Gasteiger partial charge >= 0.3 is 6.18 Å². The third-order valence-electron chi connectivity index (χ3n) is 5.95. The number of alkyl halides is 3. The highest BCUT2D eigenvalue weighted by Crippen LogP contribution is 2.25. The number of amides is 2. The number of ketones is 1. The molecule has 3 aromatic carbocycles. The minimum absolute atomic E-state index is 0.0688. The van der Waals surface area contributed by atoms with Crippen molar-refractivity contribution >= 4 is 23.3 Å². The molecule has 3 rings (SSSR count). The first kappa shape index (κ1) is 30.2. The molecule has 7 nitrogen and oxygen atoms in total. The lowest BCUT2D eigenvalue weighted by molar-refractivity contribution is -0.136. The van der Waals surface area contributed by atoms with Crippen LogP contribution < -0.4 is 20.1 Å². The molecule has 0 aromatic heterocycles. The van der Waals surface area contributed by atoms with Crippen LogP contribution in [0, 0.1) is 6.92 Å². The van der Waals surface area contributed by atoms with Crippen molar-refractivity contribution in [2.75, 3.05) is 19.0 Å². The second-order valence-electron chi connectivity index (χ2n) is 9.20. The van der Waals surface area contributed by atoms with Gasteiger partial charge in [-0.25, -0.2) is 0 Å². The first-order chi connectivity index (χ1) is 19.0. The number of ether oxygens (including phenoxy) is 2. The number of methoxy groups -OCH3 is 1. The molecular weight excluding hydrogens is 525 g/mol. The van der Waals surface area contributed by atoms with Gasteiger partial charge in [0, 0.05) is 24.1 Å². The first-order valence-electron chi connectivity index (χ1n) is 12.6. The Labute approximate surface area is 230 Å². The van der Waals surface area contributed by atoms with Gasteiger partial charge in [-0.15, -0.1) is 0 Å². The number of carbonyl (C=O) groups is 3. The van der Waals surface area contributed by atoms with Crippen LogP contribution in [0.25, 0.3) is 0 Å². The van der Waals surface area contributed by atoms with Crippen molar-refractivity contribution in [1.29, 1.82) is 0 Å². The number of Topliss-reactive ketones (excluding diaryl/α,β-unsaturated/α-hetero) is 1. The summed E-state index contributed by atoms with van der Waals surface area (Å²) in [6, 6.07) is 19.3. The molecule has 2 N–H and O–H groups in total. The predicted molar refractivity (Wildman–Crippen MR) is 144 cm³/mol. The van der Waals surface area contributed by atoms with E-state index in [1.165, 1.54) is 7.11 Å². The topological polar surface area (TPSA) is 93.7 Å². The van der Waals surface area contributed by atoms with Crippen LogP contribution in [0.2, 0.25) is 0 Å². The van der Waals surface area contributed by atoms with Crippen LogP contribution in [-0.4, -0.2) is 37.5 Å². The Bertz CT molecular complexity index is 1270. The zero-order valence-corrected chi connectivity index (χ0v) is 22.2. The van der Waals surface area contributed by atoms with E-state index in [2.05, 4.69) is 10.6 Å². The van der Waals surface area contributed by atoms with E-state index in [0.717, 1.165) is 5.56 Å². The molecule has 1 unspecified atom stereocenters. The van der Waals surface area contributed by atoms with E-state index in [-0.39, 0.29) is 25.2 Å². The lowest BCUT2D eigenvalue weighted by Crippen LogP contribution is -2.33. The molecule has 0 aliphatic heterocycles. The van der Waals surface area contributed by atoms with Gasteiger partial charge in [0.15, 0.2) is 5.78 Å². The molecule has 0 saturated carbocycles. The lowest BCUT2D eigenvalue weighted by Gasteiger charge is -2.19. The average molecular weight is 557 g/mol. The van der Waals surface area contributed by atoms with E-state index in [1.54, 1.807) is 60.7 Å². The number of anilines is 1. The lowest BCUT2D eigenvalue weighted by atomic mass is 9.97. The molecule has 212 valence electrons. The number of benzene rings is 3. The quantitative estimate of drug-likeness (QED) is 0.149. The van der Waals surface area contributed by atoms with Crippen LogP contribution >= 0.6 is 0 Å². The molecule has 0 fully saturated rings. The largest absolute Gasteiger partial charge is 0.497 e. The van der Waals surface area contributed by atoms with E-state index in [0.29, 0.717) is 28.3 Å². The molecule has 40 heavy (non-hydrogen) atoms. The van der Waals surface area contributed by atoms with Gasteiger partial charge < -0.3 is 20.1 Å². The fourth-order valence-electron chi connectivity index (χ4n) is 3.82. The van der Waals surface area contributed by atoms with Crippen LogP contribution in [0.4, 0.5) is 18.9 Å². The molecule has 0 aliphatic rings. The van der Waals surface area contributed by atoms with Gasteiger partial charge in [0.1, 0.15) is 17.9 Å². The summed E-state index contributed by atoms with van der Waals surface area (Å²) in [5.41, 5.74) is 2.55. The standard InChI is InChI=1S/C30H31F3N2O5/c1-20-4-6-22(7-5-20)27(36)18-26(21-8-12-25(13-9-21)40-17-3-16-30(31,32)33)35-29(38)19-28(37)34-23-10-14-24(39-2)15-11-23/h4-15,26H,3,16-19H2,1-2H3,(H,34,37)(H,35,38). The summed E-state index contributed by atoms with van der Waals surface area (Å²) >= 11 is 0. The number of hydrogen-bond acceptors (Lipinski definition) is 5. The zero-order valence-electron chi connectivity index (χ0n) is 22.2. The van der Waals surface area contributed by atoms with Crippen molar-refractivity contribution in [2.45, 2.75) is 44.8 Å². The number of halogens is 3. The second kappa shape index (κ2) is 14.2. The average Bonchev–Trinajstić information content (AvgIpc) is 2.91. The minimum atomic E-state index is -4.24. The van der Waals surface area contributed by atoms with Crippen molar-refractivity contribution in [2.24, 2.45) is 0 Å². The molecule has 0 bridgehead atoms. The summed E-state index contributed by atoms with van der Waals surface area (Å²) in [5.74, 6) is -0.344. The Hall–Kier alpha value is -4.34. The zero-order chi connectivity index (χ0) is 29.1. The Morgan fingerprint density at radius 1 is 0.850 bits per heavy atom. The maximum Gasteiger partial charge on any atom is 0.389 e. The SMILES string of the molecule is COc1ccc(NC(=O)CC(=O)NC(CC(=O)c2ccc(C)cc2)c2ccc(OCCCC(F)(F)F)cc2)cc1. The summed E-state index contributed by atoms with van der Waals surface area (Å²) in [6.45, 7) is 1.80. The fourth-order valence-corrected chi connectivity index (χ4v) is 3.82. The van der Waals surface area contributed by atoms with Gasteiger partial charge in [-0.2, -0.15) is 13.2 Å². The smallest absolute Gasteiger partial charge is 0.389 e. The monoisotopic (exact) mass is 556 g/mol. The van der Waals surface area contributed by atoms with Crippen LogP contribution in [-0.2, 0) is 9.59 Å². The highest BCUT2D eigenvalue weighted by molar-refractivity contribution is 6.04. The van der Waals surface area contributed by atoms with Crippen LogP contribution in [0.3, 0.4) is 0 Å². The molecule has 0 saturated heterocycles. The summed E-state index contributed by atoms with van der Waals surface area (Å²) in [5, 5.41) is 5.40. The summed E-state index contributed by atoms with van der Waals surface area (Å²) in [6.07, 6.45) is -5.89. The van der Waals surface area contributed by atoms with E-state index in [9.17, 15) is 27.6 Å². The molecular formula is C30H31F3N2O5. The molecule has 2 amide bonds. The number of aryl methyl sites for hydroxylation is 1. The van der Waals surface area contributed by atoms with Crippen molar-refractivity contribution < 1.29 is 37.0 Å². The number of hydrogen-bond donors (Lipinski definition) is 2. The van der Waals surface area contributed by atoms with Gasteiger partial charge in [0.25, 0.3) is 0 Å². The van der Waals surface area contributed by atoms with Crippen molar-refractivity contribution in [3.8, 4) is 11.5 Å². The molecule has 1 atom stereocenters. The molecule has 0 radical (unpaired) electrons. The minimum Gasteiger partial charge on any atom is -0.497 e. The fraction of sp³-hybridized carbons (Fsp3) is 0.300. The maximum absolute atomic E-state index is 13.0. The van der Waals surface area contributed by atoms with E-state index < -0.39 is 36.9 Å². The van der Waals surface area contributed by atoms with Crippen molar-refractivity contribution in [3.63, 3.8) is 0 Å². The van der Waals surface area contributed by atoms with Crippen LogP contribution in [0.1, 0.15) is 53.2 Å². The third kappa shape index (κ3) is 10.1. The summed E-state index contributed by atoms with van der Waals surface area (Å²) < 4.78 is 47.5. The molecule has 10 heteroatoms. The first-order valence-corrected chi connectivity index (χ1v) is 12.6. The van der Waals surface area contributed by atoms with Crippen molar-refractivity contribution in [1.82, 2.24) is 5.32 Å². The van der Waals surface area contributed by atoms with Gasteiger partial charge in [-0.05, 0) is 55.3 Å². The number of carbonyl (C=O) groups excluding carboxylic acids is 3. The van der Waals surface area contributed by atoms with E-state index in [1.807, 2.05) is 19.1 Å². The second-order valence-corrected chi connectivity index (χ2v) is 9.20. The molecule has 0 heterocycles.